The molecule has 0 radical (unpaired) electrons. The molecule has 0 saturated carbocycles. The van der Waals surface area contributed by atoms with E-state index in [1.54, 1.807) is 16.8 Å². The van der Waals surface area contributed by atoms with Gasteiger partial charge in [-0.05, 0) is 59.7 Å². The summed E-state index contributed by atoms with van der Waals surface area (Å²) in [5.41, 5.74) is 7.34. The maximum atomic E-state index is 13.4. The highest BCUT2D eigenvalue weighted by atomic mass is 19.1. The summed E-state index contributed by atoms with van der Waals surface area (Å²) in [4.78, 5) is 16.0. The lowest BCUT2D eigenvalue weighted by Crippen LogP contribution is -2.12. The number of hydrogen-bond acceptors (Lipinski definition) is 6. The number of carbonyl (C=O) groups is 2. The fourth-order valence-electron chi connectivity index (χ4n) is 3.58. The molecule has 0 aliphatic carbocycles. The van der Waals surface area contributed by atoms with Crippen LogP contribution in [0.4, 0.5) is 10.1 Å². The highest BCUT2D eigenvalue weighted by Gasteiger charge is 2.14. The first kappa shape index (κ1) is 27.5. The SMILES string of the molecule is C=C(NC)c1cc(C(=C)NCc2ccc(NC)cc2)c2cnn(-c3ccc(F)cc3)c2c1.C=O.C=O. The zero-order valence-electron chi connectivity index (χ0n) is 20.5. The van der Waals surface area contributed by atoms with Crippen LogP contribution in [0.2, 0.25) is 0 Å². The Morgan fingerprint density at radius 1 is 0.917 bits per heavy atom. The number of aromatic nitrogens is 2. The van der Waals surface area contributed by atoms with Crippen molar-refractivity contribution in [1.82, 2.24) is 20.4 Å². The molecule has 3 aromatic carbocycles. The predicted octanol–water partition coefficient (Wildman–Crippen LogP) is 4.79. The quantitative estimate of drug-likeness (QED) is 0.331. The van der Waals surface area contributed by atoms with E-state index < -0.39 is 0 Å². The number of anilines is 1. The zero-order valence-corrected chi connectivity index (χ0v) is 20.5. The first-order chi connectivity index (χ1) is 17.5. The van der Waals surface area contributed by atoms with Crippen LogP contribution in [-0.2, 0) is 16.1 Å². The minimum atomic E-state index is -0.282. The topological polar surface area (TPSA) is 88.0 Å². The van der Waals surface area contributed by atoms with Gasteiger partial charge in [-0.15, -0.1) is 0 Å². The van der Waals surface area contributed by atoms with Crippen molar-refractivity contribution in [2.45, 2.75) is 6.54 Å². The van der Waals surface area contributed by atoms with E-state index in [-0.39, 0.29) is 5.82 Å². The third-order valence-corrected chi connectivity index (χ3v) is 5.48. The van der Waals surface area contributed by atoms with Gasteiger partial charge in [-0.25, -0.2) is 9.07 Å². The summed E-state index contributed by atoms with van der Waals surface area (Å²) in [7, 11) is 3.74. The van der Waals surface area contributed by atoms with E-state index in [2.05, 4.69) is 52.4 Å². The van der Waals surface area contributed by atoms with Crippen LogP contribution in [0, 0.1) is 5.82 Å². The van der Waals surface area contributed by atoms with Crippen LogP contribution in [0.15, 0.2) is 80.0 Å². The smallest absolute Gasteiger partial charge is 0.123 e. The molecule has 3 N–H and O–H groups in total. The maximum absolute atomic E-state index is 13.4. The van der Waals surface area contributed by atoms with Gasteiger partial charge in [0.25, 0.3) is 0 Å². The average molecular weight is 488 g/mol. The third kappa shape index (κ3) is 6.24. The van der Waals surface area contributed by atoms with Gasteiger partial charge in [0.1, 0.15) is 19.4 Å². The van der Waals surface area contributed by atoms with Crippen LogP contribution < -0.4 is 16.0 Å². The number of benzene rings is 3. The lowest BCUT2D eigenvalue weighted by Gasteiger charge is -2.15. The Kier molecular flexibility index (Phi) is 10.1. The van der Waals surface area contributed by atoms with E-state index in [0.29, 0.717) is 6.54 Å². The number of fused-ring (bicyclic) bond motifs is 1. The molecule has 0 saturated heterocycles. The Morgan fingerprint density at radius 2 is 1.56 bits per heavy atom. The molecule has 8 heteroatoms. The number of halogens is 1. The Bertz CT molecular complexity index is 1310. The molecule has 4 aromatic rings. The maximum Gasteiger partial charge on any atom is 0.123 e. The highest BCUT2D eigenvalue weighted by molar-refractivity contribution is 5.94. The number of nitrogens with zero attached hydrogens (tertiary/aromatic N) is 2. The number of nitrogens with one attached hydrogen (secondary N) is 3. The summed E-state index contributed by atoms with van der Waals surface area (Å²) in [5.74, 6) is -0.282. The molecule has 0 aliphatic heterocycles. The second kappa shape index (κ2) is 13.2. The normalized spacial score (nSPS) is 9.75. The first-order valence-corrected chi connectivity index (χ1v) is 10.9. The molecule has 0 aliphatic rings. The molecule has 0 spiro atoms. The van der Waals surface area contributed by atoms with Crippen LogP contribution in [0.25, 0.3) is 28.0 Å². The standard InChI is InChI=1S/C26H26FN5.2CH2O/c1-17(28-3)20-13-24(18(2)30-15-19-5-9-22(29-4)10-6-19)25-16-31-32(26(25)14-20)23-11-7-21(27)8-12-23;2*1-2/h5-14,16,28-30H,1-2,15H2,3-4H3;2*1H2. The van der Waals surface area contributed by atoms with E-state index in [1.165, 1.54) is 12.1 Å². The van der Waals surface area contributed by atoms with E-state index in [4.69, 9.17) is 9.59 Å². The molecule has 0 bridgehead atoms. The molecule has 36 heavy (non-hydrogen) atoms. The summed E-state index contributed by atoms with van der Waals surface area (Å²) in [6.07, 6.45) is 1.81. The monoisotopic (exact) mass is 487 g/mol. The van der Waals surface area contributed by atoms with Gasteiger partial charge in [0.15, 0.2) is 0 Å². The Labute approximate surface area is 210 Å². The largest absolute Gasteiger partial charge is 0.388 e. The summed E-state index contributed by atoms with van der Waals surface area (Å²) >= 11 is 0. The molecule has 4 rings (SSSR count). The van der Waals surface area contributed by atoms with Gasteiger partial charge in [0.2, 0.25) is 0 Å². The highest BCUT2D eigenvalue weighted by Crippen LogP contribution is 2.29. The van der Waals surface area contributed by atoms with Crippen LogP contribution in [0.5, 0.6) is 0 Å². The third-order valence-electron chi connectivity index (χ3n) is 5.48. The van der Waals surface area contributed by atoms with Crippen molar-refractivity contribution in [3.8, 4) is 5.69 Å². The second-order valence-corrected chi connectivity index (χ2v) is 7.50. The number of rotatable bonds is 8. The zero-order chi connectivity index (χ0) is 26.7. The van der Waals surface area contributed by atoms with Crippen molar-refractivity contribution in [3.63, 3.8) is 0 Å². The molecular weight excluding hydrogens is 457 g/mol. The van der Waals surface area contributed by atoms with Crippen molar-refractivity contribution < 1.29 is 14.0 Å². The Balaban J connectivity index is 0.00000109. The van der Waals surface area contributed by atoms with Gasteiger partial charge < -0.3 is 25.5 Å². The minimum absolute atomic E-state index is 0.282. The number of hydrogen-bond donors (Lipinski definition) is 3. The van der Waals surface area contributed by atoms with E-state index in [1.807, 2.05) is 52.1 Å². The molecule has 0 amide bonds. The van der Waals surface area contributed by atoms with Crippen LogP contribution in [0.1, 0.15) is 16.7 Å². The van der Waals surface area contributed by atoms with Crippen LogP contribution in [0.3, 0.4) is 0 Å². The molecule has 0 unspecified atom stereocenters. The van der Waals surface area contributed by atoms with E-state index in [0.717, 1.165) is 50.4 Å². The fourth-order valence-corrected chi connectivity index (χ4v) is 3.58. The summed E-state index contributed by atoms with van der Waals surface area (Å²) < 4.78 is 15.2. The van der Waals surface area contributed by atoms with Crippen LogP contribution in [-0.4, -0.2) is 37.5 Å². The molecule has 1 heterocycles. The molecule has 0 atom stereocenters. The van der Waals surface area contributed by atoms with Gasteiger partial charge in [0, 0.05) is 48.7 Å². The van der Waals surface area contributed by atoms with Gasteiger partial charge >= 0.3 is 0 Å². The van der Waals surface area contributed by atoms with Crippen molar-refractivity contribution in [3.05, 3.63) is 103 Å². The van der Waals surface area contributed by atoms with E-state index >= 15 is 0 Å². The lowest BCUT2D eigenvalue weighted by atomic mass is 10.0. The fraction of sp³-hybridized carbons (Fsp3) is 0.107. The van der Waals surface area contributed by atoms with E-state index in [9.17, 15) is 4.39 Å². The van der Waals surface area contributed by atoms with Gasteiger partial charge in [-0.3, -0.25) is 0 Å². The van der Waals surface area contributed by atoms with Crippen molar-refractivity contribution >= 4 is 41.6 Å². The summed E-state index contributed by atoms with van der Waals surface area (Å²) in [6.45, 7) is 13.0. The lowest BCUT2D eigenvalue weighted by molar-refractivity contribution is -0.0987. The van der Waals surface area contributed by atoms with Gasteiger partial charge in [-0.1, -0.05) is 25.3 Å². The van der Waals surface area contributed by atoms with Crippen LogP contribution >= 0.6 is 0 Å². The van der Waals surface area contributed by atoms with Crippen molar-refractivity contribution in [1.29, 1.82) is 0 Å². The molecule has 186 valence electrons. The van der Waals surface area contributed by atoms with Gasteiger partial charge in [0.05, 0.1) is 17.4 Å². The van der Waals surface area contributed by atoms with Crippen molar-refractivity contribution in [2.75, 3.05) is 19.4 Å². The summed E-state index contributed by atoms with van der Waals surface area (Å²) in [5, 5.41) is 15.2. The van der Waals surface area contributed by atoms with Crippen molar-refractivity contribution in [2.24, 2.45) is 0 Å². The Hall–Kier alpha value is -4.72. The molecule has 1 aromatic heterocycles. The van der Waals surface area contributed by atoms with Gasteiger partial charge in [-0.2, -0.15) is 5.10 Å². The predicted molar refractivity (Wildman–Crippen MR) is 145 cm³/mol. The molecule has 7 nitrogen and oxygen atoms in total. The average Bonchev–Trinajstić information content (AvgIpc) is 3.37. The summed E-state index contributed by atoms with van der Waals surface area (Å²) in [6, 6.07) is 18.6. The molecule has 0 fully saturated rings. The number of carbonyl (C=O) groups excluding carboxylic acids is 2. The minimum Gasteiger partial charge on any atom is -0.388 e. The molecular formula is C28H30FN5O2. The Morgan fingerprint density at radius 3 is 2.14 bits per heavy atom. The first-order valence-electron chi connectivity index (χ1n) is 10.9. The second-order valence-electron chi connectivity index (χ2n) is 7.50.